The van der Waals surface area contributed by atoms with E-state index in [0.29, 0.717) is 11.8 Å². The number of hydrogen-bond donors (Lipinski definition) is 3. The van der Waals surface area contributed by atoms with Crippen molar-refractivity contribution >= 4 is 27.0 Å². The zero-order chi connectivity index (χ0) is 7.49. The van der Waals surface area contributed by atoms with E-state index in [1.165, 1.54) is 0 Å². The number of nitrogens with one attached hydrogen (secondary N) is 1. The van der Waals surface area contributed by atoms with Crippen LogP contribution in [0.1, 0.15) is 0 Å². The Hall–Kier alpha value is -0.270. The first-order chi connectivity index (χ1) is 3.92. The molecule has 7 heteroatoms. The number of hydrogen-bond acceptors (Lipinski definition) is 4. The molecule has 0 aromatic carbocycles. The molecule has 0 spiro atoms. The lowest BCUT2D eigenvalue weighted by Gasteiger charge is -1.92. The van der Waals surface area contributed by atoms with Crippen molar-refractivity contribution in [3.05, 3.63) is 0 Å². The van der Waals surface area contributed by atoms with Gasteiger partial charge in [0.25, 0.3) is 10.1 Å². The van der Waals surface area contributed by atoms with E-state index in [1.54, 1.807) is 0 Å². The second kappa shape index (κ2) is 3.04. The predicted molar refractivity (Wildman–Crippen MR) is 35.9 cm³/mol. The van der Waals surface area contributed by atoms with Crippen LogP contribution in [-0.4, -0.2) is 23.2 Å². The number of thioether (sulfide) groups is 1. The smallest absolute Gasteiger partial charge is 0.274 e. The average molecular weight is 170 g/mol. The molecule has 0 saturated carbocycles. The predicted octanol–water partition coefficient (Wildman–Crippen LogP) is -0.542. The molecule has 4 N–H and O–H groups in total. The van der Waals surface area contributed by atoms with Gasteiger partial charge in [0.05, 0.1) is 0 Å². The molecule has 0 atom stereocenters. The van der Waals surface area contributed by atoms with Crippen LogP contribution < -0.4 is 5.73 Å². The van der Waals surface area contributed by atoms with Crippen molar-refractivity contribution < 1.29 is 13.0 Å². The molecule has 0 rings (SSSR count). The van der Waals surface area contributed by atoms with Gasteiger partial charge in [-0.2, -0.15) is 8.42 Å². The highest BCUT2D eigenvalue weighted by Gasteiger charge is 2.04. The van der Waals surface area contributed by atoms with E-state index >= 15 is 0 Å². The van der Waals surface area contributed by atoms with Crippen molar-refractivity contribution in [1.82, 2.24) is 0 Å². The molecule has 0 unspecified atom stereocenters. The highest BCUT2D eigenvalue weighted by molar-refractivity contribution is 8.20. The highest BCUT2D eigenvalue weighted by Crippen LogP contribution is 2.00. The first-order valence-electron chi connectivity index (χ1n) is 1.84. The van der Waals surface area contributed by atoms with Gasteiger partial charge in [0.2, 0.25) is 0 Å². The fourth-order valence-electron chi connectivity index (χ4n) is 0.138. The number of rotatable bonds is 2. The molecule has 0 saturated heterocycles. The summed E-state index contributed by atoms with van der Waals surface area (Å²) in [5.74, 6) is 0. The van der Waals surface area contributed by atoms with Crippen molar-refractivity contribution in [2.24, 2.45) is 5.73 Å². The van der Waals surface area contributed by atoms with Crippen molar-refractivity contribution in [3.63, 3.8) is 0 Å². The fourth-order valence-corrected chi connectivity index (χ4v) is 1.24. The minimum Gasteiger partial charge on any atom is -0.379 e. The van der Waals surface area contributed by atoms with E-state index in [2.05, 4.69) is 0 Å². The SMILES string of the molecule is N=C(N)SCS(=O)(=O)O. The molecule has 0 radical (unpaired) electrons. The van der Waals surface area contributed by atoms with Crippen molar-refractivity contribution in [2.75, 3.05) is 5.08 Å². The molecule has 0 heterocycles. The molecular weight excluding hydrogens is 164 g/mol. The normalized spacial score (nSPS) is 11.2. The summed E-state index contributed by atoms with van der Waals surface area (Å²) < 4.78 is 27.9. The molecule has 5 nitrogen and oxygen atoms in total. The standard InChI is InChI=1S/C2H6N2O3S2/c3-2(4)8-1-9(5,6)7/h1H2,(H3,3,4)(H,5,6,7). The second-order valence-corrected chi connectivity index (χ2v) is 4.04. The van der Waals surface area contributed by atoms with Gasteiger partial charge in [0.1, 0.15) is 5.08 Å². The molecule has 0 fully saturated rings. The van der Waals surface area contributed by atoms with Gasteiger partial charge in [0, 0.05) is 0 Å². The Bertz CT molecular complexity index is 196. The van der Waals surface area contributed by atoms with Gasteiger partial charge >= 0.3 is 0 Å². The maximum atomic E-state index is 9.92. The summed E-state index contributed by atoms with van der Waals surface area (Å²) in [5, 5.41) is 5.66. The van der Waals surface area contributed by atoms with Gasteiger partial charge in [-0.25, -0.2) is 0 Å². The van der Waals surface area contributed by atoms with Gasteiger partial charge < -0.3 is 5.73 Å². The molecule has 0 bridgehead atoms. The third kappa shape index (κ3) is 7.73. The molecule has 0 amide bonds. The third-order valence-corrected chi connectivity index (χ3v) is 2.34. The molecule has 0 aliphatic heterocycles. The van der Waals surface area contributed by atoms with Gasteiger partial charge in [0.15, 0.2) is 5.17 Å². The Morgan fingerprint density at radius 1 is 1.78 bits per heavy atom. The van der Waals surface area contributed by atoms with Crippen LogP contribution in [0, 0.1) is 5.41 Å². The maximum Gasteiger partial charge on any atom is 0.274 e. The van der Waals surface area contributed by atoms with E-state index in [0.717, 1.165) is 0 Å². The van der Waals surface area contributed by atoms with E-state index in [1.807, 2.05) is 0 Å². The van der Waals surface area contributed by atoms with Gasteiger partial charge in [-0.1, -0.05) is 11.8 Å². The maximum absolute atomic E-state index is 9.92. The first kappa shape index (κ1) is 8.73. The molecule has 0 aromatic rings. The Kier molecular flexibility index (Phi) is 2.95. The summed E-state index contributed by atoms with van der Waals surface area (Å²) in [6.45, 7) is 0. The molecule has 0 aromatic heterocycles. The Labute approximate surface area is 56.9 Å². The van der Waals surface area contributed by atoms with Gasteiger partial charge in [-0.15, -0.1) is 0 Å². The zero-order valence-electron chi connectivity index (χ0n) is 4.36. The summed E-state index contributed by atoms with van der Waals surface area (Å²) in [6.07, 6.45) is 0. The largest absolute Gasteiger partial charge is 0.379 e. The molecule has 0 aliphatic rings. The molecule has 54 valence electrons. The summed E-state index contributed by atoms with van der Waals surface area (Å²) in [5.41, 5.74) is 4.77. The lowest BCUT2D eigenvalue weighted by atomic mass is 11.4. The van der Waals surface area contributed by atoms with Crippen molar-refractivity contribution in [1.29, 1.82) is 5.41 Å². The Balaban J connectivity index is 3.67. The quantitative estimate of drug-likeness (QED) is 0.293. The van der Waals surface area contributed by atoms with Crippen LogP contribution in [0.4, 0.5) is 0 Å². The molecular formula is C2H6N2O3S2. The van der Waals surface area contributed by atoms with Crippen LogP contribution in [0.3, 0.4) is 0 Å². The number of amidine groups is 1. The minimum atomic E-state index is -3.98. The third-order valence-electron chi connectivity index (χ3n) is 0.363. The average Bonchev–Trinajstić information content (AvgIpc) is 1.59. The van der Waals surface area contributed by atoms with E-state index < -0.39 is 15.2 Å². The van der Waals surface area contributed by atoms with Crippen molar-refractivity contribution in [3.8, 4) is 0 Å². The van der Waals surface area contributed by atoms with Crippen LogP contribution in [0.5, 0.6) is 0 Å². The lowest BCUT2D eigenvalue weighted by Crippen LogP contribution is -2.09. The molecule has 0 aliphatic carbocycles. The highest BCUT2D eigenvalue weighted by atomic mass is 32.3. The van der Waals surface area contributed by atoms with Crippen LogP contribution in [0.25, 0.3) is 0 Å². The lowest BCUT2D eigenvalue weighted by molar-refractivity contribution is 0.489. The van der Waals surface area contributed by atoms with Gasteiger partial charge in [-0.3, -0.25) is 9.96 Å². The zero-order valence-corrected chi connectivity index (χ0v) is 6.00. The fraction of sp³-hybridized carbons (Fsp3) is 0.500. The van der Waals surface area contributed by atoms with Crippen LogP contribution >= 0.6 is 11.8 Å². The Morgan fingerprint density at radius 3 is 2.33 bits per heavy atom. The van der Waals surface area contributed by atoms with Crippen LogP contribution in [-0.2, 0) is 10.1 Å². The van der Waals surface area contributed by atoms with Crippen LogP contribution in [0.15, 0.2) is 0 Å². The van der Waals surface area contributed by atoms with Crippen molar-refractivity contribution in [2.45, 2.75) is 0 Å². The summed E-state index contributed by atoms with van der Waals surface area (Å²) in [7, 11) is -3.98. The van der Waals surface area contributed by atoms with E-state index in [-0.39, 0.29) is 5.17 Å². The minimum absolute atomic E-state index is 0.326. The monoisotopic (exact) mass is 170 g/mol. The summed E-state index contributed by atoms with van der Waals surface area (Å²) in [4.78, 5) is 0. The number of nitrogens with two attached hydrogens (primary N) is 1. The van der Waals surface area contributed by atoms with E-state index in [9.17, 15) is 8.42 Å². The summed E-state index contributed by atoms with van der Waals surface area (Å²) >= 11 is 0.561. The van der Waals surface area contributed by atoms with Crippen LogP contribution in [0.2, 0.25) is 0 Å². The van der Waals surface area contributed by atoms with Gasteiger partial charge in [-0.05, 0) is 0 Å². The van der Waals surface area contributed by atoms with E-state index in [4.69, 9.17) is 15.7 Å². The Morgan fingerprint density at radius 2 is 2.22 bits per heavy atom. The molecule has 9 heavy (non-hydrogen) atoms. The second-order valence-electron chi connectivity index (χ2n) is 1.21. The topological polar surface area (TPSA) is 104 Å². The first-order valence-corrected chi connectivity index (χ1v) is 4.43. The summed E-state index contributed by atoms with van der Waals surface area (Å²) in [6, 6.07) is 0.